The number of carbonyl (C=O) groups is 1. The fraction of sp³-hybridized carbons (Fsp3) is 0.0870. The van der Waals surface area contributed by atoms with Crippen LogP contribution in [0.1, 0.15) is 5.56 Å². The largest absolute Gasteiger partial charge is 0.456 e. The third kappa shape index (κ3) is 4.18. The number of ether oxygens (including phenoxy) is 1. The summed E-state index contributed by atoms with van der Waals surface area (Å²) in [5, 5.41) is 3.78. The molecular formula is C23H18ClN3O3. The smallest absolute Gasteiger partial charge is 0.261 e. The highest BCUT2D eigenvalue weighted by Crippen LogP contribution is 2.29. The molecule has 0 aliphatic rings. The molecule has 150 valence electrons. The first-order valence-electron chi connectivity index (χ1n) is 9.28. The highest BCUT2D eigenvalue weighted by Gasteiger charge is 2.10. The molecule has 0 spiro atoms. The first-order valence-corrected chi connectivity index (χ1v) is 9.66. The SMILES string of the molecule is Cc1cccc2c(=O)n(CC(=O)Nc3ccc(Oc4ccccc4Cl)cc3)cnc12. The summed E-state index contributed by atoms with van der Waals surface area (Å²) in [6.07, 6.45) is 1.40. The molecule has 0 saturated heterocycles. The fourth-order valence-corrected chi connectivity index (χ4v) is 3.24. The predicted molar refractivity (Wildman–Crippen MR) is 117 cm³/mol. The number of carbonyl (C=O) groups excluding carboxylic acids is 1. The quantitative estimate of drug-likeness (QED) is 0.504. The summed E-state index contributed by atoms with van der Waals surface area (Å²) in [5.41, 5.74) is 1.90. The second-order valence-electron chi connectivity index (χ2n) is 6.75. The van der Waals surface area contributed by atoms with Gasteiger partial charge in [0.15, 0.2) is 0 Å². The zero-order valence-corrected chi connectivity index (χ0v) is 16.9. The molecule has 1 aromatic heterocycles. The van der Waals surface area contributed by atoms with Gasteiger partial charge < -0.3 is 10.1 Å². The molecule has 1 N–H and O–H groups in total. The van der Waals surface area contributed by atoms with Gasteiger partial charge in [0, 0.05) is 5.69 Å². The van der Waals surface area contributed by atoms with E-state index in [0.29, 0.717) is 33.1 Å². The van der Waals surface area contributed by atoms with Crippen LogP contribution in [0.3, 0.4) is 0 Å². The molecule has 0 atom stereocenters. The van der Waals surface area contributed by atoms with Crippen molar-refractivity contribution in [3.63, 3.8) is 0 Å². The number of benzene rings is 3. The number of aromatic nitrogens is 2. The van der Waals surface area contributed by atoms with E-state index in [1.54, 1.807) is 48.5 Å². The van der Waals surface area contributed by atoms with Gasteiger partial charge in [0.1, 0.15) is 18.0 Å². The van der Waals surface area contributed by atoms with Gasteiger partial charge >= 0.3 is 0 Å². The Balaban J connectivity index is 1.44. The van der Waals surface area contributed by atoms with E-state index in [4.69, 9.17) is 16.3 Å². The number of hydrogen-bond donors (Lipinski definition) is 1. The van der Waals surface area contributed by atoms with Gasteiger partial charge in [-0.05, 0) is 55.0 Å². The second-order valence-corrected chi connectivity index (χ2v) is 7.16. The summed E-state index contributed by atoms with van der Waals surface area (Å²) in [5.74, 6) is 0.812. The van der Waals surface area contributed by atoms with Gasteiger partial charge in [-0.2, -0.15) is 0 Å². The van der Waals surface area contributed by atoms with Crippen LogP contribution < -0.4 is 15.6 Å². The Morgan fingerprint density at radius 2 is 1.83 bits per heavy atom. The van der Waals surface area contributed by atoms with E-state index < -0.39 is 0 Å². The Kier molecular flexibility index (Phi) is 5.50. The minimum absolute atomic E-state index is 0.131. The lowest BCUT2D eigenvalue weighted by Crippen LogP contribution is -2.28. The Bertz CT molecular complexity index is 1280. The molecule has 0 bridgehead atoms. The zero-order chi connectivity index (χ0) is 21.1. The number of rotatable bonds is 5. The molecule has 4 rings (SSSR count). The van der Waals surface area contributed by atoms with Gasteiger partial charge in [-0.25, -0.2) is 4.98 Å². The Morgan fingerprint density at radius 3 is 2.60 bits per heavy atom. The molecule has 4 aromatic rings. The molecule has 3 aromatic carbocycles. The van der Waals surface area contributed by atoms with Crippen LogP contribution in [0.5, 0.6) is 11.5 Å². The number of amides is 1. The van der Waals surface area contributed by atoms with Crippen LogP contribution in [-0.2, 0) is 11.3 Å². The Labute approximate surface area is 177 Å². The molecule has 0 aliphatic carbocycles. The number of nitrogens with zero attached hydrogens (tertiary/aromatic N) is 2. The van der Waals surface area contributed by atoms with E-state index in [1.807, 2.05) is 25.1 Å². The molecule has 1 heterocycles. The Hall–Kier alpha value is -3.64. The van der Waals surface area contributed by atoms with Crippen LogP contribution in [0.4, 0.5) is 5.69 Å². The summed E-state index contributed by atoms with van der Waals surface area (Å²) in [6.45, 7) is 1.76. The maximum atomic E-state index is 12.6. The fourth-order valence-electron chi connectivity index (χ4n) is 3.07. The van der Waals surface area contributed by atoms with Gasteiger partial charge in [0.25, 0.3) is 5.56 Å². The number of fused-ring (bicyclic) bond motifs is 1. The lowest BCUT2D eigenvalue weighted by atomic mass is 10.1. The third-order valence-electron chi connectivity index (χ3n) is 4.57. The monoisotopic (exact) mass is 419 g/mol. The number of halogens is 1. The summed E-state index contributed by atoms with van der Waals surface area (Å²) in [7, 11) is 0. The first kappa shape index (κ1) is 19.7. The predicted octanol–water partition coefficient (Wildman–Crippen LogP) is 4.79. The van der Waals surface area contributed by atoms with Crippen LogP contribution in [0.25, 0.3) is 10.9 Å². The van der Waals surface area contributed by atoms with Crippen molar-refractivity contribution in [1.29, 1.82) is 0 Å². The maximum Gasteiger partial charge on any atom is 0.261 e. The van der Waals surface area contributed by atoms with Crippen molar-refractivity contribution in [3.05, 3.63) is 94.0 Å². The lowest BCUT2D eigenvalue weighted by molar-refractivity contribution is -0.116. The highest BCUT2D eigenvalue weighted by atomic mass is 35.5. The van der Waals surface area contributed by atoms with Crippen LogP contribution in [0, 0.1) is 6.92 Å². The minimum Gasteiger partial charge on any atom is -0.456 e. The molecule has 0 saturated carbocycles. The number of para-hydroxylation sites is 2. The zero-order valence-electron chi connectivity index (χ0n) is 16.1. The third-order valence-corrected chi connectivity index (χ3v) is 4.88. The van der Waals surface area contributed by atoms with Gasteiger partial charge in [0.05, 0.1) is 22.3 Å². The van der Waals surface area contributed by atoms with Gasteiger partial charge in [0.2, 0.25) is 5.91 Å². The molecule has 30 heavy (non-hydrogen) atoms. The van der Waals surface area contributed by atoms with Crippen LogP contribution in [-0.4, -0.2) is 15.5 Å². The van der Waals surface area contributed by atoms with Gasteiger partial charge in [-0.15, -0.1) is 0 Å². The van der Waals surface area contributed by atoms with E-state index in [1.165, 1.54) is 10.9 Å². The first-order chi connectivity index (χ1) is 14.5. The van der Waals surface area contributed by atoms with Crippen LogP contribution in [0.2, 0.25) is 5.02 Å². The second kappa shape index (κ2) is 8.39. The summed E-state index contributed by atoms with van der Waals surface area (Å²) in [6, 6.07) is 19.5. The van der Waals surface area contributed by atoms with Gasteiger partial charge in [-0.3, -0.25) is 14.2 Å². The average molecular weight is 420 g/mol. The van der Waals surface area contributed by atoms with Crippen molar-refractivity contribution >= 4 is 34.1 Å². The van der Waals surface area contributed by atoms with Crippen molar-refractivity contribution in [1.82, 2.24) is 9.55 Å². The number of aryl methyl sites for hydroxylation is 1. The van der Waals surface area contributed by atoms with E-state index in [2.05, 4.69) is 10.3 Å². The summed E-state index contributed by atoms with van der Waals surface area (Å²) in [4.78, 5) is 29.4. The summed E-state index contributed by atoms with van der Waals surface area (Å²) < 4.78 is 7.03. The molecule has 0 aliphatic heterocycles. The maximum absolute atomic E-state index is 12.6. The number of nitrogens with one attached hydrogen (secondary N) is 1. The van der Waals surface area contributed by atoms with Gasteiger partial charge in [-0.1, -0.05) is 35.9 Å². The standard InChI is InChI=1S/C23H18ClN3O3/c1-15-5-4-6-18-22(15)25-14-27(23(18)29)13-21(28)26-16-9-11-17(12-10-16)30-20-8-3-2-7-19(20)24/h2-12,14H,13H2,1H3,(H,26,28). The van der Waals surface area contributed by atoms with Crippen molar-refractivity contribution < 1.29 is 9.53 Å². The number of hydrogen-bond acceptors (Lipinski definition) is 4. The molecular weight excluding hydrogens is 402 g/mol. The molecule has 0 fully saturated rings. The van der Waals surface area contributed by atoms with Crippen molar-refractivity contribution in [3.8, 4) is 11.5 Å². The molecule has 0 radical (unpaired) electrons. The minimum atomic E-state index is -0.328. The van der Waals surface area contributed by atoms with Crippen LogP contribution in [0.15, 0.2) is 77.9 Å². The van der Waals surface area contributed by atoms with E-state index in [0.717, 1.165) is 5.56 Å². The normalized spacial score (nSPS) is 10.7. The highest BCUT2D eigenvalue weighted by molar-refractivity contribution is 6.32. The lowest BCUT2D eigenvalue weighted by Gasteiger charge is -2.10. The summed E-state index contributed by atoms with van der Waals surface area (Å²) >= 11 is 6.09. The molecule has 1 amide bonds. The van der Waals surface area contributed by atoms with E-state index in [9.17, 15) is 9.59 Å². The Morgan fingerprint density at radius 1 is 1.07 bits per heavy atom. The molecule has 7 heteroatoms. The average Bonchev–Trinajstić information content (AvgIpc) is 2.74. The van der Waals surface area contributed by atoms with E-state index in [-0.39, 0.29) is 18.0 Å². The van der Waals surface area contributed by atoms with Crippen molar-refractivity contribution in [2.75, 3.05) is 5.32 Å². The number of anilines is 1. The molecule has 6 nitrogen and oxygen atoms in total. The van der Waals surface area contributed by atoms with Crippen molar-refractivity contribution in [2.24, 2.45) is 0 Å². The van der Waals surface area contributed by atoms with Crippen molar-refractivity contribution in [2.45, 2.75) is 13.5 Å². The van der Waals surface area contributed by atoms with Crippen LogP contribution >= 0.6 is 11.6 Å². The topological polar surface area (TPSA) is 73.2 Å². The van der Waals surface area contributed by atoms with E-state index >= 15 is 0 Å². The molecule has 0 unspecified atom stereocenters.